The van der Waals surface area contributed by atoms with Crippen molar-refractivity contribution in [3.63, 3.8) is 0 Å². The number of aryl methyl sites for hydroxylation is 1. The number of anilines is 2. The van der Waals surface area contributed by atoms with Crippen LogP contribution in [0, 0.1) is 12.8 Å². The highest BCUT2D eigenvalue weighted by Crippen LogP contribution is 2.33. The molecule has 0 bridgehead atoms. The van der Waals surface area contributed by atoms with Crippen LogP contribution in [0.3, 0.4) is 0 Å². The van der Waals surface area contributed by atoms with E-state index in [9.17, 15) is 0 Å². The zero-order chi connectivity index (χ0) is 18.1. The number of benzene rings is 1. The summed E-state index contributed by atoms with van der Waals surface area (Å²) < 4.78 is 6.40. The lowest BCUT2D eigenvalue weighted by Gasteiger charge is -2.29. The second-order valence-corrected chi connectivity index (χ2v) is 9.08. The van der Waals surface area contributed by atoms with Crippen LogP contribution in [-0.2, 0) is 6.54 Å². The minimum Gasteiger partial charge on any atom is -0.497 e. The molecule has 1 aliphatic rings. The van der Waals surface area contributed by atoms with Crippen molar-refractivity contribution in [2.45, 2.75) is 33.2 Å². The average Bonchev–Trinajstić information content (AvgIpc) is 3.19. The van der Waals surface area contributed by atoms with Crippen LogP contribution in [0.1, 0.15) is 30.3 Å². The number of nitrogens with zero attached hydrogens (tertiary/aromatic N) is 3. The molecule has 0 unspecified atom stereocenters. The van der Waals surface area contributed by atoms with Crippen molar-refractivity contribution in [2.24, 2.45) is 5.92 Å². The van der Waals surface area contributed by atoms with Gasteiger partial charge in [0.15, 0.2) is 10.3 Å². The zero-order valence-corrected chi connectivity index (χ0v) is 17.0. The fourth-order valence-corrected chi connectivity index (χ4v) is 5.19. The van der Waals surface area contributed by atoms with Gasteiger partial charge in [0.1, 0.15) is 5.75 Å². The van der Waals surface area contributed by atoms with Crippen LogP contribution in [0.4, 0.5) is 10.3 Å². The molecule has 1 fully saturated rings. The number of methoxy groups -OCH3 is 1. The van der Waals surface area contributed by atoms with Crippen LogP contribution in [0.15, 0.2) is 18.2 Å². The Bertz CT molecular complexity index is 896. The summed E-state index contributed by atoms with van der Waals surface area (Å²) in [6, 6.07) is 5.96. The van der Waals surface area contributed by atoms with Crippen molar-refractivity contribution in [1.29, 1.82) is 0 Å². The van der Waals surface area contributed by atoms with Crippen LogP contribution in [0.5, 0.6) is 5.75 Å². The summed E-state index contributed by atoms with van der Waals surface area (Å²) >= 11 is 3.37. The summed E-state index contributed by atoms with van der Waals surface area (Å²) in [6.07, 6.45) is 2.61. The lowest BCUT2D eigenvalue weighted by molar-refractivity contribution is 0.186. The van der Waals surface area contributed by atoms with Crippen molar-refractivity contribution in [3.8, 4) is 5.75 Å². The first-order valence-electron chi connectivity index (χ1n) is 9.01. The molecule has 138 valence electrons. The monoisotopic (exact) mass is 388 g/mol. The fraction of sp³-hybridized carbons (Fsp3) is 0.474. The molecule has 0 aliphatic carbocycles. The molecule has 3 heterocycles. The zero-order valence-electron chi connectivity index (χ0n) is 15.4. The third-order valence-electron chi connectivity index (χ3n) is 4.95. The van der Waals surface area contributed by atoms with E-state index in [-0.39, 0.29) is 0 Å². The van der Waals surface area contributed by atoms with Crippen molar-refractivity contribution in [2.75, 3.05) is 25.5 Å². The molecule has 0 radical (unpaired) electrons. The maximum absolute atomic E-state index is 5.29. The normalized spacial score (nSPS) is 16.3. The van der Waals surface area contributed by atoms with Crippen LogP contribution in [-0.4, -0.2) is 35.1 Å². The van der Waals surface area contributed by atoms with Crippen molar-refractivity contribution >= 4 is 43.2 Å². The molecule has 1 saturated heterocycles. The van der Waals surface area contributed by atoms with Gasteiger partial charge >= 0.3 is 0 Å². The molecule has 1 aromatic carbocycles. The second kappa shape index (κ2) is 7.50. The van der Waals surface area contributed by atoms with Gasteiger partial charge in [0.2, 0.25) is 0 Å². The number of fused-ring (bicyclic) bond motifs is 1. The predicted octanol–water partition coefficient (Wildman–Crippen LogP) is 5.05. The van der Waals surface area contributed by atoms with E-state index in [4.69, 9.17) is 9.72 Å². The van der Waals surface area contributed by atoms with Gasteiger partial charge in [-0.3, -0.25) is 4.90 Å². The number of likely N-dealkylation sites (tertiary alicyclic amines) is 1. The molecule has 0 spiro atoms. The van der Waals surface area contributed by atoms with Gasteiger partial charge in [-0.05, 0) is 57.0 Å². The molecule has 3 aromatic rings. The summed E-state index contributed by atoms with van der Waals surface area (Å²) in [5, 5.41) is 5.19. The fourth-order valence-electron chi connectivity index (χ4n) is 3.23. The standard InChI is InChI=1S/C19H24N4OS2/c1-12-6-8-23(9-7-12)11-17-13(2)20-18(26-17)22-19-21-15-5-4-14(24-3)10-16(15)25-19/h4-5,10,12H,6-9,11H2,1-3H3,(H,20,21,22). The average molecular weight is 389 g/mol. The molecule has 0 atom stereocenters. The molecule has 0 amide bonds. The number of hydrogen-bond acceptors (Lipinski definition) is 7. The number of aromatic nitrogens is 2. The number of hydrogen-bond donors (Lipinski definition) is 1. The number of rotatable bonds is 5. The Kier molecular flexibility index (Phi) is 5.11. The minimum absolute atomic E-state index is 0.857. The summed E-state index contributed by atoms with van der Waals surface area (Å²) in [4.78, 5) is 13.3. The van der Waals surface area contributed by atoms with E-state index in [1.54, 1.807) is 29.8 Å². The lowest BCUT2D eigenvalue weighted by Crippen LogP contribution is -2.32. The van der Waals surface area contributed by atoms with Crippen LogP contribution >= 0.6 is 22.7 Å². The van der Waals surface area contributed by atoms with Gasteiger partial charge in [-0.25, -0.2) is 9.97 Å². The Morgan fingerprint density at radius 3 is 2.73 bits per heavy atom. The van der Waals surface area contributed by atoms with Gasteiger partial charge in [0, 0.05) is 11.4 Å². The van der Waals surface area contributed by atoms with Gasteiger partial charge in [0.25, 0.3) is 0 Å². The Morgan fingerprint density at radius 2 is 1.96 bits per heavy atom. The molecule has 1 aliphatic heterocycles. The summed E-state index contributed by atoms with van der Waals surface area (Å²) in [6.45, 7) is 7.86. The SMILES string of the molecule is COc1ccc2nc(Nc3nc(C)c(CN4CCC(C)CC4)s3)sc2c1. The number of nitrogens with one attached hydrogen (secondary N) is 1. The smallest absolute Gasteiger partial charge is 0.190 e. The Hall–Kier alpha value is -1.70. The van der Waals surface area contributed by atoms with E-state index < -0.39 is 0 Å². The number of piperidine rings is 1. The van der Waals surface area contributed by atoms with Gasteiger partial charge in [-0.2, -0.15) is 0 Å². The summed E-state index contributed by atoms with van der Waals surface area (Å²) in [5.74, 6) is 1.72. The first kappa shape index (κ1) is 17.7. The van der Waals surface area contributed by atoms with E-state index in [1.165, 1.54) is 30.8 Å². The van der Waals surface area contributed by atoms with Gasteiger partial charge in [-0.15, -0.1) is 11.3 Å². The summed E-state index contributed by atoms with van der Waals surface area (Å²) in [5.41, 5.74) is 2.10. The van der Waals surface area contributed by atoms with Crippen molar-refractivity contribution in [1.82, 2.24) is 14.9 Å². The molecule has 4 rings (SSSR count). The Balaban J connectivity index is 1.47. The third-order valence-corrected chi connectivity index (χ3v) is 6.94. The lowest BCUT2D eigenvalue weighted by atomic mass is 9.99. The van der Waals surface area contributed by atoms with E-state index in [0.29, 0.717) is 0 Å². The Morgan fingerprint density at radius 1 is 1.19 bits per heavy atom. The largest absolute Gasteiger partial charge is 0.497 e. The van der Waals surface area contributed by atoms with E-state index in [2.05, 4.69) is 29.0 Å². The highest BCUT2D eigenvalue weighted by Gasteiger charge is 2.18. The summed E-state index contributed by atoms with van der Waals surface area (Å²) in [7, 11) is 1.68. The molecule has 2 aromatic heterocycles. The second-order valence-electron chi connectivity index (χ2n) is 6.96. The maximum Gasteiger partial charge on any atom is 0.190 e. The highest BCUT2D eigenvalue weighted by atomic mass is 32.1. The van der Waals surface area contributed by atoms with Gasteiger partial charge in [-0.1, -0.05) is 18.3 Å². The van der Waals surface area contributed by atoms with E-state index in [1.807, 2.05) is 18.2 Å². The molecule has 26 heavy (non-hydrogen) atoms. The molecule has 1 N–H and O–H groups in total. The van der Waals surface area contributed by atoms with Crippen LogP contribution < -0.4 is 10.1 Å². The quantitative estimate of drug-likeness (QED) is 0.663. The van der Waals surface area contributed by atoms with Crippen molar-refractivity contribution < 1.29 is 4.74 Å². The number of ether oxygens (including phenoxy) is 1. The molecule has 5 nitrogen and oxygen atoms in total. The first-order valence-corrected chi connectivity index (χ1v) is 10.6. The van der Waals surface area contributed by atoms with Crippen LogP contribution in [0.2, 0.25) is 0 Å². The minimum atomic E-state index is 0.857. The first-order chi connectivity index (χ1) is 12.6. The number of thiazole rings is 2. The predicted molar refractivity (Wildman–Crippen MR) is 110 cm³/mol. The van der Waals surface area contributed by atoms with E-state index in [0.717, 1.165) is 44.4 Å². The highest BCUT2D eigenvalue weighted by molar-refractivity contribution is 7.22. The molecular weight excluding hydrogens is 364 g/mol. The molecule has 7 heteroatoms. The van der Waals surface area contributed by atoms with Gasteiger partial charge in [0.05, 0.1) is 23.0 Å². The maximum atomic E-state index is 5.29. The molecule has 0 saturated carbocycles. The molecular formula is C19H24N4OS2. The topological polar surface area (TPSA) is 50.3 Å². The van der Waals surface area contributed by atoms with Crippen molar-refractivity contribution in [3.05, 3.63) is 28.8 Å². The Labute approximate surface area is 162 Å². The van der Waals surface area contributed by atoms with E-state index >= 15 is 0 Å². The van der Waals surface area contributed by atoms with Gasteiger partial charge < -0.3 is 10.1 Å². The third kappa shape index (κ3) is 3.84. The van der Waals surface area contributed by atoms with Crippen LogP contribution in [0.25, 0.3) is 10.2 Å².